The topological polar surface area (TPSA) is 63.2 Å². The van der Waals surface area contributed by atoms with Crippen LogP contribution < -0.4 is 15.4 Å². The number of benzene rings is 1. The summed E-state index contributed by atoms with van der Waals surface area (Å²) in [5.74, 6) is 1.18. The second kappa shape index (κ2) is 7.04. The first kappa shape index (κ1) is 14.5. The fraction of sp³-hybridized carbons (Fsp3) is 0.294. The molecule has 1 aromatic carbocycles. The Morgan fingerprint density at radius 1 is 1.32 bits per heavy atom. The van der Waals surface area contributed by atoms with E-state index in [0.717, 1.165) is 18.7 Å². The van der Waals surface area contributed by atoms with E-state index in [9.17, 15) is 4.79 Å². The average molecular weight is 297 g/mol. The third-order valence-electron chi connectivity index (χ3n) is 3.64. The highest BCUT2D eigenvalue weighted by atomic mass is 16.5. The first-order valence-corrected chi connectivity index (χ1v) is 7.42. The quantitative estimate of drug-likeness (QED) is 0.850. The molecular formula is C17H19N3O2. The molecule has 22 heavy (non-hydrogen) atoms. The fourth-order valence-corrected chi connectivity index (χ4v) is 2.21. The second-order valence-electron chi connectivity index (χ2n) is 5.41. The molecule has 114 valence electrons. The van der Waals surface area contributed by atoms with Gasteiger partial charge in [-0.15, -0.1) is 0 Å². The van der Waals surface area contributed by atoms with Crippen molar-refractivity contribution in [3.05, 3.63) is 59.9 Å². The summed E-state index contributed by atoms with van der Waals surface area (Å²) >= 11 is 0. The molecule has 2 heterocycles. The zero-order valence-electron chi connectivity index (χ0n) is 12.3. The number of amides is 1. The van der Waals surface area contributed by atoms with Crippen LogP contribution >= 0.6 is 0 Å². The molecule has 0 saturated carbocycles. The zero-order valence-corrected chi connectivity index (χ0v) is 12.3. The zero-order chi connectivity index (χ0) is 15.2. The van der Waals surface area contributed by atoms with Gasteiger partial charge in [0, 0.05) is 49.1 Å². The molecule has 0 aliphatic carbocycles. The standard InChI is InChI=1S/C17H19N3O2/c21-17(20-11-14-9-19-10-14)15-4-1-5-16(7-15)22-12-13-3-2-6-18-8-13/h1-8,14,19H,9-12H2,(H,20,21). The van der Waals surface area contributed by atoms with Crippen molar-refractivity contribution in [3.8, 4) is 5.75 Å². The van der Waals surface area contributed by atoms with Gasteiger partial charge >= 0.3 is 0 Å². The van der Waals surface area contributed by atoms with Gasteiger partial charge in [0.25, 0.3) is 5.91 Å². The number of nitrogens with zero attached hydrogens (tertiary/aromatic N) is 1. The summed E-state index contributed by atoms with van der Waals surface area (Å²) in [6.45, 7) is 3.11. The van der Waals surface area contributed by atoms with Gasteiger partial charge in [0.1, 0.15) is 12.4 Å². The molecule has 1 aromatic heterocycles. The van der Waals surface area contributed by atoms with Gasteiger partial charge in [0.15, 0.2) is 0 Å². The molecule has 1 saturated heterocycles. The number of ether oxygens (including phenoxy) is 1. The normalized spacial score (nSPS) is 14.2. The number of nitrogens with one attached hydrogen (secondary N) is 2. The highest BCUT2D eigenvalue weighted by Crippen LogP contribution is 2.15. The molecule has 2 aromatic rings. The number of hydrogen-bond donors (Lipinski definition) is 2. The lowest BCUT2D eigenvalue weighted by molar-refractivity contribution is 0.0941. The lowest BCUT2D eigenvalue weighted by Crippen LogP contribution is -2.48. The lowest BCUT2D eigenvalue weighted by atomic mass is 10.0. The van der Waals surface area contributed by atoms with Crippen molar-refractivity contribution in [1.29, 1.82) is 0 Å². The molecule has 5 nitrogen and oxygen atoms in total. The van der Waals surface area contributed by atoms with Crippen LogP contribution in [0.2, 0.25) is 0 Å². The minimum absolute atomic E-state index is 0.0567. The fourth-order valence-electron chi connectivity index (χ4n) is 2.21. The van der Waals surface area contributed by atoms with E-state index in [1.165, 1.54) is 0 Å². The summed E-state index contributed by atoms with van der Waals surface area (Å²) in [5, 5.41) is 6.15. The minimum atomic E-state index is -0.0567. The summed E-state index contributed by atoms with van der Waals surface area (Å²) in [6, 6.07) is 11.1. The molecule has 1 fully saturated rings. The van der Waals surface area contributed by atoms with Crippen LogP contribution in [0.3, 0.4) is 0 Å². The van der Waals surface area contributed by atoms with Crippen molar-refractivity contribution in [2.75, 3.05) is 19.6 Å². The molecule has 0 radical (unpaired) electrons. The largest absolute Gasteiger partial charge is 0.489 e. The van der Waals surface area contributed by atoms with Gasteiger partial charge in [-0.3, -0.25) is 9.78 Å². The lowest BCUT2D eigenvalue weighted by Gasteiger charge is -2.27. The second-order valence-corrected chi connectivity index (χ2v) is 5.41. The Labute approximate surface area is 129 Å². The maximum Gasteiger partial charge on any atom is 0.251 e. The minimum Gasteiger partial charge on any atom is -0.489 e. The Kier molecular flexibility index (Phi) is 4.65. The van der Waals surface area contributed by atoms with Crippen molar-refractivity contribution >= 4 is 5.91 Å². The number of carbonyl (C=O) groups is 1. The summed E-state index contributed by atoms with van der Waals surface area (Å²) in [7, 11) is 0. The Morgan fingerprint density at radius 2 is 2.23 bits per heavy atom. The Hall–Kier alpha value is -2.40. The molecule has 1 aliphatic rings. The van der Waals surface area contributed by atoms with E-state index < -0.39 is 0 Å². The third-order valence-corrected chi connectivity index (χ3v) is 3.64. The van der Waals surface area contributed by atoms with Crippen LogP contribution in [-0.2, 0) is 6.61 Å². The summed E-state index contributed by atoms with van der Waals surface area (Å²) in [5.41, 5.74) is 1.62. The highest BCUT2D eigenvalue weighted by molar-refractivity contribution is 5.94. The van der Waals surface area contributed by atoms with Gasteiger partial charge in [-0.05, 0) is 24.3 Å². The van der Waals surface area contributed by atoms with Gasteiger partial charge in [-0.25, -0.2) is 0 Å². The van der Waals surface area contributed by atoms with Crippen molar-refractivity contribution in [2.45, 2.75) is 6.61 Å². The van der Waals surface area contributed by atoms with E-state index >= 15 is 0 Å². The molecule has 5 heteroatoms. The predicted octanol–water partition coefficient (Wildman–Crippen LogP) is 1.61. The number of rotatable bonds is 6. The smallest absolute Gasteiger partial charge is 0.251 e. The van der Waals surface area contributed by atoms with E-state index in [2.05, 4.69) is 15.6 Å². The highest BCUT2D eigenvalue weighted by Gasteiger charge is 2.17. The Balaban J connectivity index is 1.55. The summed E-state index contributed by atoms with van der Waals surface area (Å²) < 4.78 is 5.71. The Bertz CT molecular complexity index is 627. The van der Waals surface area contributed by atoms with Crippen LogP contribution in [0.5, 0.6) is 5.75 Å². The third kappa shape index (κ3) is 3.83. The van der Waals surface area contributed by atoms with Crippen LogP contribution in [0.25, 0.3) is 0 Å². The van der Waals surface area contributed by atoms with E-state index in [1.807, 2.05) is 24.3 Å². The molecule has 0 atom stereocenters. The van der Waals surface area contributed by atoms with Crippen molar-refractivity contribution in [2.24, 2.45) is 5.92 Å². The van der Waals surface area contributed by atoms with Crippen LogP contribution in [-0.4, -0.2) is 30.5 Å². The van der Waals surface area contributed by atoms with Gasteiger partial charge in [0.05, 0.1) is 0 Å². The van der Waals surface area contributed by atoms with E-state index in [4.69, 9.17) is 4.74 Å². The summed E-state index contributed by atoms with van der Waals surface area (Å²) in [4.78, 5) is 16.2. The number of pyridine rings is 1. The SMILES string of the molecule is O=C(NCC1CNC1)c1cccc(OCc2cccnc2)c1. The number of aromatic nitrogens is 1. The van der Waals surface area contributed by atoms with E-state index in [1.54, 1.807) is 24.5 Å². The van der Waals surface area contributed by atoms with Crippen LogP contribution in [0.4, 0.5) is 0 Å². The van der Waals surface area contributed by atoms with Gasteiger partial charge in [-0.2, -0.15) is 0 Å². The van der Waals surface area contributed by atoms with Crippen LogP contribution in [0, 0.1) is 5.92 Å². The summed E-state index contributed by atoms with van der Waals surface area (Å²) in [6.07, 6.45) is 3.50. The van der Waals surface area contributed by atoms with Crippen molar-refractivity contribution in [3.63, 3.8) is 0 Å². The number of carbonyl (C=O) groups excluding carboxylic acids is 1. The van der Waals surface area contributed by atoms with Crippen molar-refractivity contribution < 1.29 is 9.53 Å². The predicted molar refractivity (Wildman–Crippen MR) is 83.7 cm³/mol. The molecule has 0 unspecified atom stereocenters. The van der Waals surface area contributed by atoms with Gasteiger partial charge in [-0.1, -0.05) is 12.1 Å². The molecular weight excluding hydrogens is 278 g/mol. The molecule has 0 bridgehead atoms. The van der Waals surface area contributed by atoms with Gasteiger partial charge < -0.3 is 15.4 Å². The monoisotopic (exact) mass is 297 g/mol. The van der Waals surface area contributed by atoms with Crippen molar-refractivity contribution in [1.82, 2.24) is 15.6 Å². The maximum absolute atomic E-state index is 12.1. The van der Waals surface area contributed by atoms with E-state index in [-0.39, 0.29) is 5.91 Å². The van der Waals surface area contributed by atoms with Crippen LogP contribution in [0.15, 0.2) is 48.8 Å². The molecule has 0 spiro atoms. The van der Waals surface area contributed by atoms with E-state index in [0.29, 0.717) is 30.4 Å². The number of hydrogen-bond acceptors (Lipinski definition) is 4. The maximum atomic E-state index is 12.1. The molecule has 1 amide bonds. The average Bonchev–Trinajstić information content (AvgIpc) is 2.52. The molecule has 2 N–H and O–H groups in total. The Morgan fingerprint density at radius 3 is 2.95 bits per heavy atom. The molecule has 1 aliphatic heterocycles. The first-order chi connectivity index (χ1) is 10.8. The molecule has 3 rings (SSSR count). The van der Waals surface area contributed by atoms with Gasteiger partial charge in [0.2, 0.25) is 0 Å². The van der Waals surface area contributed by atoms with Crippen LogP contribution in [0.1, 0.15) is 15.9 Å². The first-order valence-electron chi connectivity index (χ1n) is 7.42.